The Morgan fingerprint density at radius 3 is 2.06 bits per heavy atom. The van der Waals surface area contributed by atoms with Crippen molar-refractivity contribution in [3.05, 3.63) is 47.0 Å². The van der Waals surface area contributed by atoms with E-state index in [0.29, 0.717) is 11.5 Å². The molecular formula is C15H16O3. The average molecular weight is 244 g/mol. The fourth-order valence-corrected chi connectivity index (χ4v) is 1.82. The highest BCUT2D eigenvalue weighted by Gasteiger charge is 2.08. The molecule has 3 nitrogen and oxygen atoms in total. The van der Waals surface area contributed by atoms with Crippen LogP contribution < -0.4 is 4.74 Å². The molecule has 0 atom stereocenters. The predicted octanol–water partition coefficient (Wildman–Crippen LogP) is 3.82. The van der Waals surface area contributed by atoms with Crippen molar-refractivity contribution in [2.45, 2.75) is 20.8 Å². The average Bonchev–Trinajstić information content (AvgIpc) is 2.32. The minimum absolute atomic E-state index is 0.140. The van der Waals surface area contributed by atoms with Gasteiger partial charge in [0.25, 0.3) is 0 Å². The van der Waals surface area contributed by atoms with Gasteiger partial charge in [-0.15, -0.1) is 0 Å². The maximum absolute atomic E-state index is 9.88. The normalized spacial score (nSPS) is 10.4. The molecule has 0 heterocycles. The molecule has 3 heteroatoms. The van der Waals surface area contributed by atoms with E-state index in [1.165, 1.54) is 0 Å². The van der Waals surface area contributed by atoms with Crippen LogP contribution in [0.5, 0.6) is 23.0 Å². The topological polar surface area (TPSA) is 49.7 Å². The molecule has 0 aliphatic rings. The van der Waals surface area contributed by atoms with E-state index >= 15 is 0 Å². The molecule has 2 aromatic rings. The van der Waals surface area contributed by atoms with E-state index in [1.807, 2.05) is 32.9 Å². The smallest absolute Gasteiger partial charge is 0.169 e. The molecule has 94 valence electrons. The Bertz CT molecular complexity index is 565. The molecule has 0 fully saturated rings. The second-order valence-corrected chi connectivity index (χ2v) is 4.43. The van der Waals surface area contributed by atoms with Gasteiger partial charge in [-0.1, -0.05) is 12.1 Å². The number of phenols is 2. The van der Waals surface area contributed by atoms with Gasteiger partial charge in [0.2, 0.25) is 0 Å². The number of hydrogen-bond donors (Lipinski definition) is 2. The molecule has 0 amide bonds. The molecule has 0 aliphatic heterocycles. The van der Waals surface area contributed by atoms with Gasteiger partial charge in [-0.25, -0.2) is 0 Å². The van der Waals surface area contributed by atoms with Gasteiger partial charge < -0.3 is 14.9 Å². The van der Waals surface area contributed by atoms with E-state index in [0.717, 1.165) is 16.7 Å². The summed E-state index contributed by atoms with van der Waals surface area (Å²) in [6, 6.07) is 8.83. The van der Waals surface area contributed by atoms with E-state index in [-0.39, 0.29) is 11.5 Å². The monoisotopic (exact) mass is 244 g/mol. The summed E-state index contributed by atoms with van der Waals surface area (Å²) in [5.74, 6) is 1.43. The molecule has 18 heavy (non-hydrogen) atoms. The number of phenolic OH excluding ortho intramolecular Hbond substituents is 2. The molecular weight excluding hydrogens is 228 g/mol. The summed E-state index contributed by atoms with van der Waals surface area (Å²) in [6.45, 7) is 5.44. The van der Waals surface area contributed by atoms with E-state index in [1.54, 1.807) is 18.2 Å². The Labute approximate surface area is 106 Å². The highest BCUT2D eigenvalue weighted by Crippen LogP contribution is 2.35. The van der Waals surface area contributed by atoms with E-state index < -0.39 is 0 Å². The quantitative estimate of drug-likeness (QED) is 0.844. The molecule has 2 N–H and O–H groups in total. The third kappa shape index (κ3) is 2.25. The van der Waals surface area contributed by atoms with Gasteiger partial charge in [0.1, 0.15) is 11.5 Å². The third-order valence-corrected chi connectivity index (χ3v) is 2.89. The van der Waals surface area contributed by atoms with Gasteiger partial charge in [-0.3, -0.25) is 0 Å². The Balaban J connectivity index is 2.37. The zero-order chi connectivity index (χ0) is 13.3. The molecule has 0 bridgehead atoms. The lowest BCUT2D eigenvalue weighted by atomic mass is 10.1. The summed E-state index contributed by atoms with van der Waals surface area (Å²) in [6.07, 6.45) is 0. The maximum atomic E-state index is 9.88. The second kappa shape index (κ2) is 4.61. The van der Waals surface area contributed by atoms with Crippen molar-refractivity contribution in [3.8, 4) is 23.0 Å². The summed E-state index contributed by atoms with van der Waals surface area (Å²) in [5.41, 5.74) is 2.26. The lowest BCUT2D eigenvalue weighted by molar-refractivity contribution is 0.407. The zero-order valence-corrected chi connectivity index (χ0v) is 10.7. The van der Waals surface area contributed by atoms with Crippen molar-refractivity contribution < 1.29 is 14.9 Å². The molecule has 0 radical (unpaired) electrons. The number of aryl methyl sites for hydroxylation is 3. The van der Waals surface area contributed by atoms with Crippen LogP contribution in [-0.2, 0) is 0 Å². The number of ether oxygens (including phenoxy) is 1. The summed E-state index contributed by atoms with van der Waals surface area (Å²) in [7, 11) is 0. The van der Waals surface area contributed by atoms with Gasteiger partial charge in [-0.2, -0.15) is 0 Å². The first-order chi connectivity index (χ1) is 8.49. The van der Waals surface area contributed by atoms with Crippen LogP contribution >= 0.6 is 0 Å². The Hall–Kier alpha value is -2.16. The standard InChI is InChI=1S/C15H16O3/c1-9-5-4-6-13(15(9)17)18-12-7-10(2)14(16)11(3)8-12/h4-8,16-17H,1-3H3. The Morgan fingerprint density at radius 2 is 1.44 bits per heavy atom. The van der Waals surface area contributed by atoms with Crippen molar-refractivity contribution in [3.63, 3.8) is 0 Å². The van der Waals surface area contributed by atoms with E-state index in [4.69, 9.17) is 4.74 Å². The first kappa shape index (κ1) is 12.3. The first-order valence-corrected chi connectivity index (χ1v) is 5.75. The summed E-state index contributed by atoms with van der Waals surface area (Å²) in [4.78, 5) is 0. The fourth-order valence-electron chi connectivity index (χ4n) is 1.82. The number of rotatable bonds is 2. The van der Waals surface area contributed by atoms with Crippen molar-refractivity contribution >= 4 is 0 Å². The van der Waals surface area contributed by atoms with Gasteiger partial charge >= 0.3 is 0 Å². The number of aromatic hydroxyl groups is 2. The molecule has 2 aromatic carbocycles. The molecule has 0 saturated heterocycles. The number of benzene rings is 2. The fraction of sp³-hybridized carbons (Fsp3) is 0.200. The van der Waals surface area contributed by atoms with Crippen LogP contribution in [0.3, 0.4) is 0 Å². The van der Waals surface area contributed by atoms with Crippen LogP contribution in [0.4, 0.5) is 0 Å². The van der Waals surface area contributed by atoms with Crippen LogP contribution in [0.1, 0.15) is 16.7 Å². The molecule has 0 aliphatic carbocycles. The molecule has 2 rings (SSSR count). The molecule has 0 spiro atoms. The van der Waals surface area contributed by atoms with Crippen molar-refractivity contribution in [1.82, 2.24) is 0 Å². The summed E-state index contributed by atoms with van der Waals surface area (Å²) < 4.78 is 5.65. The zero-order valence-electron chi connectivity index (χ0n) is 10.7. The molecule has 0 saturated carbocycles. The largest absolute Gasteiger partial charge is 0.507 e. The Kier molecular flexibility index (Phi) is 3.15. The Morgan fingerprint density at radius 1 is 0.833 bits per heavy atom. The molecule has 0 aromatic heterocycles. The summed E-state index contributed by atoms with van der Waals surface area (Å²) in [5, 5.41) is 19.6. The van der Waals surface area contributed by atoms with Gasteiger partial charge in [0, 0.05) is 0 Å². The highest BCUT2D eigenvalue weighted by atomic mass is 16.5. The van der Waals surface area contributed by atoms with Crippen LogP contribution in [-0.4, -0.2) is 10.2 Å². The van der Waals surface area contributed by atoms with Crippen LogP contribution in [0, 0.1) is 20.8 Å². The van der Waals surface area contributed by atoms with Gasteiger partial charge in [0.05, 0.1) is 0 Å². The van der Waals surface area contributed by atoms with Crippen LogP contribution in [0.15, 0.2) is 30.3 Å². The minimum Gasteiger partial charge on any atom is -0.507 e. The van der Waals surface area contributed by atoms with Gasteiger partial charge in [-0.05, 0) is 55.7 Å². The van der Waals surface area contributed by atoms with Crippen molar-refractivity contribution in [2.24, 2.45) is 0 Å². The maximum Gasteiger partial charge on any atom is 0.169 e. The lowest BCUT2D eigenvalue weighted by Gasteiger charge is -2.11. The van der Waals surface area contributed by atoms with Crippen LogP contribution in [0.2, 0.25) is 0 Å². The predicted molar refractivity (Wildman–Crippen MR) is 70.5 cm³/mol. The highest BCUT2D eigenvalue weighted by molar-refractivity contribution is 5.50. The number of hydrogen-bond acceptors (Lipinski definition) is 3. The summed E-state index contributed by atoms with van der Waals surface area (Å²) >= 11 is 0. The second-order valence-electron chi connectivity index (χ2n) is 4.43. The minimum atomic E-state index is 0.140. The molecule has 0 unspecified atom stereocenters. The van der Waals surface area contributed by atoms with Crippen LogP contribution in [0.25, 0.3) is 0 Å². The van der Waals surface area contributed by atoms with Gasteiger partial charge in [0.15, 0.2) is 11.5 Å². The SMILES string of the molecule is Cc1cc(Oc2cccc(C)c2O)cc(C)c1O. The van der Waals surface area contributed by atoms with Crippen molar-refractivity contribution in [1.29, 1.82) is 0 Å². The first-order valence-electron chi connectivity index (χ1n) is 5.75. The third-order valence-electron chi connectivity index (χ3n) is 2.89. The van der Waals surface area contributed by atoms with E-state index in [9.17, 15) is 10.2 Å². The lowest BCUT2D eigenvalue weighted by Crippen LogP contribution is -1.89. The van der Waals surface area contributed by atoms with E-state index in [2.05, 4.69) is 0 Å². The van der Waals surface area contributed by atoms with Crippen molar-refractivity contribution in [2.75, 3.05) is 0 Å². The number of para-hydroxylation sites is 1.